The molecule has 0 aromatic rings. The van der Waals surface area contributed by atoms with E-state index >= 15 is 0 Å². The minimum Gasteiger partial charge on any atom is -0.340 e. The van der Waals surface area contributed by atoms with Gasteiger partial charge in [0.1, 0.15) is 11.6 Å². The van der Waals surface area contributed by atoms with Crippen molar-refractivity contribution in [3.05, 3.63) is 0 Å². The largest absolute Gasteiger partial charge is 0.340 e. The summed E-state index contributed by atoms with van der Waals surface area (Å²) in [4.78, 5) is 24.2. The number of nitrogens with zero attached hydrogens (tertiary/aromatic N) is 1. The molecule has 110 valence electrons. The fourth-order valence-corrected chi connectivity index (χ4v) is 1.81. The Balaban J connectivity index is 3.03. The Bertz CT molecular complexity index is 389. The van der Waals surface area contributed by atoms with Crippen molar-refractivity contribution >= 4 is 11.8 Å². The fourth-order valence-electron chi connectivity index (χ4n) is 1.81. The number of halogens is 4. The number of carbonyl (C=O) groups is 2. The van der Waals surface area contributed by atoms with Gasteiger partial charge in [0.05, 0.1) is 6.54 Å². The SMILES string of the molecule is CCC1(C)NC(=O)C(C)N(CC(F)(F)C(F)F)C1=O. The summed E-state index contributed by atoms with van der Waals surface area (Å²) in [5, 5.41) is 2.42. The highest BCUT2D eigenvalue weighted by Gasteiger charge is 2.51. The quantitative estimate of drug-likeness (QED) is 0.793. The van der Waals surface area contributed by atoms with Crippen molar-refractivity contribution in [2.24, 2.45) is 0 Å². The highest BCUT2D eigenvalue weighted by Crippen LogP contribution is 2.28. The topological polar surface area (TPSA) is 49.4 Å². The lowest BCUT2D eigenvalue weighted by atomic mass is 9.92. The summed E-state index contributed by atoms with van der Waals surface area (Å²) in [5.41, 5.74) is -1.33. The summed E-state index contributed by atoms with van der Waals surface area (Å²) >= 11 is 0. The van der Waals surface area contributed by atoms with Crippen LogP contribution in [-0.4, -0.2) is 47.2 Å². The normalized spacial score (nSPS) is 28.8. The van der Waals surface area contributed by atoms with E-state index in [0.29, 0.717) is 4.90 Å². The Morgan fingerprint density at radius 1 is 1.42 bits per heavy atom. The molecular weight excluding hydrogens is 268 g/mol. The summed E-state index contributed by atoms with van der Waals surface area (Å²) in [7, 11) is 0. The molecule has 0 radical (unpaired) electrons. The number of carbonyl (C=O) groups excluding carboxylic acids is 2. The molecule has 1 fully saturated rings. The van der Waals surface area contributed by atoms with Crippen LogP contribution in [0.3, 0.4) is 0 Å². The highest BCUT2D eigenvalue weighted by molar-refractivity contribution is 5.99. The van der Waals surface area contributed by atoms with Gasteiger partial charge in [0.2, 0.25) is 11.8 Å². The van der Waals surface area contributed by atoms with Crippen LogP contribution >= 0.6 is 0 Å². The predicted molar refractivity (Wildman–Crippen MR) is 59.0 cm³/mol. The molecule has 0 bridgehead atoms. The first-order valence-corrected chi connectivity index (χ1v) is 5.84. The molecule has 2 unspecified atom stereocenters. The number of nitrogens with one attached hydrogen (secondary N) is 1. The lowest BCUT2D eigenvalue weighted by Crippen LogP contribution is -2.69. The van der Waals surface area contributed by atoms with Gasteiger partial charge in [-0.2, -0.15) is 8.78 Å². The van der Waals surface area contributed by atoms with Crippen LogP contribution in [0.2, 0.25) is 0 Å². The molecule has 2 amide bonds. The van der Waals surface area contributed by atoms with Gasteiger partial charge < -0.3 is 10.2 Å². The van der Waals surface area contributed by atoms with E-state index in [-0.39, 0.29) is 6.42 Å². The van der Waals surface area contributed by atoms with Crippen LogP contribution in [0.1, 0.15) is 27.2 Å². The third-order valence-electron chi connectivity index (χ3n) is 3.39. The zero-order valence-corrected chi connectivity index (χ0v) is 10.8. The van der Waals surface area contributed by atoms with Gasteiger partial charge in [0.25, 0.3) is 0 Å². The smallest absolute Gasteiger partial charge is 0.324 e. The van der Waals surface area contributed by atoms with E-state index in [4.69, 9.17) is 0 Å². The molecule has 1 aliphatic rings. The van der Waals surface area contributed by atoms with Gasteiger partial charge in [-0.05, 0) is 20.3 Å². The summed E-state index contributed by atoms with van der Waals surface area (Å²) in [6.45, 7) is 2.74. The van der Waals surface area contributed by atoms with Crippen molar-refractivity contribution in [3.63, 3.8) is 0 Å². The van der Waals surface area contributed by atoms with Crippen molar-refractivity contribution < 1.29 is 27.2 Å². The van der Waals surface area contributed by atoms with Gasteiger partial charge in [0, 0.05) is 0 Å². The average Bonchev–Trinajstić information content (AvgIpc) is 2.32. The fraction of sp³-hybridized carbons (Fsp3) is 0.818. The van der Waals surface area contributed by atoms with E-state index in [2.05, 4.69) is 5.32 Å². The monoisotopic (exact) mass is 284 g/mol. The number of alkyl halides is 4. The molecular formula is C11H16F4N2O2. The molecule has 0 spiro atoms. The molecule has 0 saturated carbocycles. The van der Waals surface area contributed by atoms with Gasteiger partial charge in [-0.25, -0.2) is 8.78 Å². The second kappa shape index (κ2) is 4.97. The molecule has 1 saturated heterocycles. The van der Waals surface area contributed by atoms with E-state index in [1.165, 1.54) is 13.8 Å². The van der Waals surface area contributed by atoms with Crippen LogP contribution in [0.25, 0.3) is 0 Å². The van der Waals surface area contributed by atoms with Crippen molar-refractivity contribution in [2.45, 2.75) is 51.1 Å². The second-order valence-corrected chi connectivity index (χ2v) is 4.85. The molecule has 1 rings (SSSR count). The van der Waals surface area contributed by atoms with Gasteiger partial charge >= 0.3 is 12.3 Å². The first-order valence-electron chi connectivity index (χ1n) is 5.84. The molecule has 2 atom stereocenters. The minimum atomic E-state index is -4.34. The Morgan fingerprint density at radius 2 is 1.95 bits per heavy atom. The standard InChI is InChI=1S/C11H16F4N2O2/c1-4-10(3)9(19)17(6(2)7(18)16-10)5-11(14,15)8(12)13/h6,8H,4-5H2,1-3H3,(H,16,18). The Morgan fingerprint density at radius 3 is 2.37 bits per heavy atom. The van der Waals surface area contributed by atoms with Crippen LogP contribution in [-0.2, 0) is 9.59 Å². The van der Waals surface area contributed by atoms with E-state index in [1.54, 1.807) is 6.92 Å². The van der Waals surface area contributed by atoms with Gasteiger partial charge in [-0.15, -0.1) is 0 Å². The van der Waals surface area contributed by atoms with Crippen molar-refractivity contribution in [2.75, 3.05) is 6.54 Å². The maximum absolute atomic E-state index is 13.1. The lowest BCUT2D eigenvalue weighted by molar-refractivity contribution is -0.173. The number of amides is 2. The van der Waals surface area contributed by atoms with Gasteiger partial charge in [-0.1, -0.05) is 6.92 Å². The van der Waals surface area contributed by atoms with Crippen LogP contribution in [0.15, 0.2) is 0 Å². The third kappa shape index (κ3) is 2.82. The molecule has 1 heterocycles. The van der Waals surface area contributed by atoms with Crippen LogP contribution in [0.5, 0.6) is 0 Å². The Kier molecular flexibility index (Phi) is 4.11. The summed E-state index contributed by atoms with van der Waals surface area (Å²) in [6.07, 6.45) is -3.70. The first-order chi connectivity index (χ1) is 8.55. The van der Waals surface area contributed by atoms with Crippen molar-refractivity contribution in [3.8, 4) is 0 Å². The number of hydrogen-bond acceptors (Lipinski definition) is 2. The Labute approximate surface area is 108 Å². The van der Waals surface area contributed by atoms with E-state index < -0.39 is 42.3 Å². The van der Waals surface area contributed by atoms with E-state index in [9.17, 15) is 27.2 Å². The zero-order chi connectivity index (χ0) is 15.0. The molecule has 8 heteroatoms. The Hall–Kier alpha value is -1.34. The van der Waals surface area contributed by atoms with Gasteiger partial charge in [-0.3, -0.25) is 9.59 Å². The lowest BCUT2D eigenvalue weighted by Gasteiger charge is -2.43. The maximum atomic E-state index is 13.1. The molecule has 0 aromatic heterocycles. The molecule has 19 heavy (non-hydrogen) atoms. The first kappa shape index (κ1) is 15.7. The summed E-state index contributed by atoms with van der Waals surface area (Å²) in [5.74, 6) is -5.74. The van der Waals surface area contributed by atoms with Crippen molar-refractivity contribution in [1.29, 1.82) is 0 Å². The molecule has 0 aromatic carbocycles. The van der Waals surface area contributed by atoms with Gasteiger partial charge in [0.15, 0.2) is 0 Å². The summed E-state index contributed by atoms with van der Waals surface area (Å²) in [6, 6.07) is -1.20. The third-order valence-corrected chi connectivity index (χ3v) is 3.39. The predicted octanol–water partition coefficient (Wildman–Crippen LogP) is 1.40. The molecule has 0 aliphatic carbocycles. The average molecular weight is 284 g/mol. The van der Waals surface area contributed by atoms with Crippen LogP contribution in [0.4, 0.5) is 17.6 Å². The highest BCUT2D eigenvalue weighted by atomic mass is 19.3. The molecule has 4 nitrogen and oxygen atoms in total. The van der Waals surface area contributed by atoms with E-state index in [1.807, 2.05) is 0 Å². The zero-order valence-electron chi connectivity index (χ0n) is 10.8. The second-order valence-electron chi connectivity index (χ2n) is 4.85. The molecule has 1 N–H and O–H groups in total. The number of piperazine rings is 1. The van der Waals surface area contributed by atoms with Crippen molar-refractivity contribution in [1.82, 2.24) is 10.2 Å². The van der Waals surface area contributed by atoms with E-state index in [0.717, 1.165) is 0 Å². The van der Waals surface area contributed by atoms with Crippen LogP contribution < -0.4 is 5.32 Å². The maximum Gasteiger partial charge on any atom is 0.324 e. The number of hydrogen-bond donors (Lipinski definition) is 1. The summed E-state index contributed by atoms with van der Waals surface area (Å²) < 4.78 is 50.6. The number of rotatable bonds is 4. The van der Waals surface area contributed by atoms with Crippen LogP contribution in [0, 0.1) is 0 Å². The minimum absolute atomic E-state index is 0.182. The molecule has 1 aliphatic heterocycles.